The lowest BCUT2D eigenvalue weighted by atomic mass is 9.84. The van der Waals surface area contributed by atoms with Gasteiger partial charge >= 0.3 is 0 Å². The van der Waals surface area contributed by atoms with Crippen molar-refractivity contribution in [3.63, 3.8) is 0 Å². The Hall–Kier alpha value is -2.38. The summed E-state index contributed by atoms with van der Waals surface area (Å²) in [5.74, 6) is 0.333. The highest BCUT2D eigenvalue weighted by Crippen LogP contribution is 2.33. The van der Waals surface area contributed by atoms with E-state index in [0.29, 0.717) is 43.5 Å². The number of rotatable bonds is 5. The van der Waals surface area contributed by atoms with Crippen molar-refractivity contribution in [1.29, 1.82) is 0 Å². The normalized spacial score (nSPS) is 18.2. The topological polar surface area (TPSA) is 75.7 Å². The lowest BCUT2D eigenvalue weighted by Gasteiger charge is -2.27. The monoisotopic (exact) mass is 428 g/mol. The van der Waals surface area contributed by atoms with Gasteiger partial charge in [0.05, 0.1) is 29.4 Å². The average molecular weight is 429 g/mol. The van der Waals surface area contributed by atoms with Gasteiger partial charge in [-0.25, -0.2) is 8.42 Å². The van der Waals surface area contributed by atoms with Gasteiger partial charge in [0, 0.05) is 13.1 Å². The first kappa shape index (κ1) is 20.9. The summed E-state index contributed by atoms with van der Waals surface area (Å²) in [4.78, 5) is 14.8. The molecule has 1 amide bonds. The quantitative estimate of drug-likeness (QED) is 0.781. The minimum Gasteiger partial charge on any atom is -0.378 e. The van der Waals surface area contributed by atoms with E-state index in [9.17, 15) is 13.2 Å². The predicted octanol–water partition coefficient (Wildman–Crippen LogP) is 4.01. The smallest absolute Gasteiger partial charge is 0.261 e. The van der Waals surface area contributed by atoms with Crippen molar-refractivity contribution in [1.82, 2.24) is 4.90 Å². The second kappa shape index (κ2) is 9.18. The SMILES string of the molecule is O=C(c1ccccc1NS(=O)(=O)c1ccc(C2CCCCC2)cc1)N1CCOCC1. The molecule has 1 aliphatic heterocycles. The van der Waals surface area contributed by atoms with Crippen molar-refractivity contribution in [2.24, 2.45) is 0 Å². The second-order valence-electron chi connectivity index (χ2n) is 7.96. The molecule has 30 heavy (non-hydrogen) atoms. The summed E-state index contributed by atoms with van der Waals surface area (Å²) in [7, 11) is -3.79. The molecule has 0 bridgehead atoms. The van der Waals surface area contributed by atoms with Crippen molar-refractivity contribution in [3.8, 4) is 0 Å². The number of nitrogens with zero attached hydrogens (tertiary/aromatic N) is 1. The van der Waals surface area contributed by atoms with Crippen LogP contribution >= 0.6 is 0 Å². The maximum atomic E-state index is 13.0. The average Bonchev–Trinajstić information content (AvgIpc) is 2.80. The van der Waals surface area contributed by atoms with Crippen LogP contribution in [0.2, 0.25) is 0 Å². The molecular formula is C23H28N2O4S. The van der Waals surface area contributed by atoms with Crippen LogP contribution in [0.25, 0.3) is 0 Å². The Balaban J connectivity index is 1.52. The molecule has 1 saturated carbocycles. The van der Waals surface area contributed by atoms with Gasteiger partial charge in [-0.05, 0) is 48.6 Å². The van der Waals surface area contributed by atoms with E-state index >= 15 is 0 Å². The molecule has 0 atom stereocenters. The molecule has 0 aromatic heterocycles. The van der Waals surface area contributed by atoms with E-state index in [1.54, 1.807) is 41.3 Å². The van der Waals surface area contributed by atoms with Gasteiger partial charge in [0.2, 0.25) is 0 Å². The number of para-hydroxylation sites is 1. The summed E-state index contributed by atoms with van der Waals surface area (Å²) >= 11 is 0. The third kappa shape index (κ3) is 4.68. The standard InChI is InChI=1S/C23H28N2O4S/c26-23(25-14-16-29-17-15-25)21-8-4-5-9-22(21)24-30(27,28)20-12-10-19(11-13-20)18-6-2-1-3-7-18/h4-5,8-13,18,24H,1-3,6-7,14-17H2. The molecule has 2 fully saturated rings. The first-order chi connectivity index (χ1) is 14.5. The number of carbonyl (C=O) groups is 1. The predicted molar refractivity (Wildman–Crippen MR) is 116 cm³/mol. The summed E-state index contributed by atoms with van der Waals surface area (Å²) in [6.07, 6.45) is 6.10. The van der Waals surface area contributed by atoms with Gasteiger partial charge in [0.25, 0.3) is 15.9 Å². The molecular weight excluding hydrogens is 400 g/mol. The zero-order chi connectivity index (χ0) is 21.0. The summed E-state index contributed by atoms with van der Waals surface area (Å²) in [6.45, 7) is 1.99. The third-order valence-electron chi connectivity index (χ3n) is 5.97. The molecule has 0 spiro atoms. The zero-order valence-corrected chi connectivity index (χ0v) is 17.9. The molecule has 2 aromatic rings. The molecule has 6 nitrogen and oxygen atoms in total. The number of sulfonamides is 1. The summed E-state index contributed by atoms with van der Waals surface area (Å²) < 4.78 is 33.9. The number of amides is 1. The molecule has 1 aliphatic carbocycles. The van der Waals surface area contributed by atoms with E-state index in [1.807, 2.05) is 12.1 Å². The van der Waals surface area contributed by atoms with Crippen LogP contribution in [0.5, 0.6) is 0 Å². The molecule has 1 saturated heterocycles. The number of ether oxygens (including phenoxy) is 1. The zero-order valence-electron chi connectivity index (χ0n) is 17.0. The largest absolute Gasteiger partial charge is 0.378 e. The highest BCUT2D eigenvalue weighted by molar-refractivity contribution is 7.92. The number of morpholine rings is 1. The third-order valence-corrected chi connectivity index (χ3v) is 7.35. The minimum absolute atomic E-state index is 0.191. The van der Waals surface area contributed by atoms with Crippen molar-refractivity contribution in [3.05, 3.63) is 59.7 Å². The fourth-order valence-electron chi connectivity index (χ4n) is 4.25. The van der Waals surface area contributed by atoms with Crippen molar-refractivity contribution < 1.29 is 17.9 Å². The maximum Gasteiger partial charge on any atom is 0.261 e. The van der Waals surface area contributed by atoms with E-state index in [-0.39, 0.29) is 10.8 Å². The van der Waals surface area contributed by atoms with E-state index in [2.05, 4.69) is 4.72 Å². The van der Waals surface area contributed by atoms with Crippen LogP contribution in [0.3, 0.4) is 0 Å². The van der Waals surface area contributed by atoms with Crippen molar-refractivity contribution >= 4 is 21.6 Å². The fraction of sp³-hybridized carbons (Fsp3) is 0.435. The number of nitrogens with one attached hydrogen (secondary N) is 1. The fourth-order valence-corrected chi connectivity index (χ4v) is 5.33. The van der Waals surface area contributed by atoms with Gasteiger partial charge < -0.3 is 9.64 Å². The number of hydrogen-bond donors (Lipinski definition) is 1. The molecule has 4 rings (SSSR count). The lowest BCUT2D eigenvalue weighted by molar-refractivity contribution is 0.0303. The number of benzene rings is 2. The Morgan fingerprint density at radius 2 is 1.60 bits per heavy atom. The van der Waals surface area contributed by atoms with Crippen LogP contribution in [0.1, 0.15) is 53.9 Å². The molecule has 2 aromatic carbocycles. The van der Waals surface area contributed by atoms with E-state index in [1.165, 1.54) is 37.7 Å². The molecule has 160 valence electrons. The van der Waals surface area contributed by atoms with Crippen LogP contribution in [-0.4, -0.2) is 45.5 Å². The second-order valence-corrected chi connectivity index (χ2v) is 9.64. The van der Waals surface area contributed by atoms with Gasteiger partial charge in [0.1, 0.15) is 0 Å². The van der Waals surface area contributed by atoms with Gasteiger partial charge in [-0.1, -0.05) is 43.5 Å². The van der Waals surface area contributed by atoms with Crippen LogP contribution in [0.15, 0.2) is 53.4 Å². The maximum absolute atomic E-state index is 13.0. The lowest BCUT2D eigenvalue weighted by Crippen LogP contribution is -2.41. The molecule has 2 aliphatic rings. The van der Waals surface area contributed by atoms with Gasteiger partial charge in [-0.2, -0.15) is 0 Å². The van der Waals surface area contributed by atoms with Crippen LogP contribution in [0.4, 0.5) is 5.69 Å². The Bertz CT molecular complexity index is 977. The number of anilines is 1. The van der Waals surface area contributed by atoms with Gasteiger partial charge in [0.15, 0.2) is 0 Å². The van der Waals surface area contributed by atoms with Crippen LogP contribution in [-0.2, 0) is 14.8 Å². The number of hydrogen-bond acceptors (Lipinski definition) is 4. The Morgan fingerprint density at radius 1 is 0.933 bits per heavy atom. The first-order valence-corrected chi connectivity index (χ1v) is 12.1. The van der Waals surface area contributed by atoms with E-state index < -0.39 is 10.0 Å². The minimum atomic E-state index is -3.79. The summed E-state index contributed by atoms with van der Waals surface area (Å²) in [6, 6.07) is 13.9. The van der Waals surface area contributed by atoms with Crippen molar-refractivity contribution in [2.45, 2.75) is 42.9 Å². The molecule has 0 unspecified atom stereocenters. The van der Waals surface area contributed by atoms with Crippen LogP contribution < -0.4 is 4.72 Å². The molecule has 1 N–H and O–H groups in total. The van der Waals surface area contributed by atoms with E-state index in [4.69, 9.17) is 4.74 Å². The Labute approximate surface area is 178 Å². The first-order valence-electron chi connectivity index (χ1n) is 10.6. The molecule has 7 heteroatoms. The Morgan fingerprint density at radius 3 is 2.30 bits per heavy atom. The van der Waals surface area contributed by atoms with Gasteiger partial charge in [-0.3, -0.25) is 9.52 Å². The van der Waals surface area contributed by atoms with Crippen LogP contribution in [0, 0.1) is 0 Å². The Kier molecular flexibility index (Phi) is 6.39. The van der Waals surface area contributed by atoms with E-state index in [0.717, 1.165) is 0 Å². The molecule has 1 heterocycles. The number of carbonyl (C=O) groups excluding carboxylic acids is 1. The highest BCUT2D eigenvalue weighted by atomic mass is 32.2. The highest BCUT2D eigenvalue weighted by Gasteiger charge is 2.24. The van der Waals surface area contributed by atoms with Crippen molar-refractivity contribution in [2.75, 3.05) is 31.0 Å². The molecule has 0 radical (unpaired) electrons. The summed E-state index contributed by atoms with van der Waals surface area (Å²) in [5.41, 5.74) is 1.85. The van der Waals surface area contributed by atoms with Gasteiger partial charge in [-0.15, -0.1) is 0 Å². The summed E-state index contributed by atoms with van der Waals surface area (Å²) in [5, 5.41) is 0.